The van der Waals surface area contributed by atoms with E-state index in [9.17, 15) is 22.8 Å². The predicted molar refractivity (Wildman–Crippen MR) is 120 cm³/mol. The van der Waals surface area contributed by atoms with Crippen LogP contribution in [0.2, 0.25) is 0 Å². The first-order valence-corrected chi connectivity index (χ1v) is 11.8. The number of nitrogens with zero attached hydrogens (tertiary/aromatic N) is 4. The maximum Gasteiger partial charge on any atom is 0.416 e. The highest BCUT2D eigenvalue weighted by atomic mass is 19.4. The number of alkyl halides is 3. The number of hydrogen-bond donors (Lipinski definition) is 2. The molecule has 2 fully saturated rings. The largest absolute Gasteiger partial charge is 0.416 e. The van der Waals surface area contributed by atoms with Crippen LogP contribution >= 0.6 is 0 Å². The van der Waals surface area contributed by atoms with Crippen LogP contribution < -0.4 is 10.6 Å². The number of hydrogen-bond acceptors (Lipinski definition) is 7. The van der Waals surface area contributed by atoms with Crippen LogP contribution in [-0.2, 0) is 15.8 Å². The van der Waals surface area contributed by atoms with Crippen LogP contribution in [0.15, 0.2) is 28.8 Å². The van der Waals surface area contributed by atoms with Crippen molar-refractivity contribution in [2.75, 3.05) is 39.3 Å². The van der Waals surface area contributed by atoms with Gasteiger partial charge in [-0.05, 0) is 38.3 Å². The fraction of sp³-hybridized carbons (Fsp3) is 0.565. The summed E-state index contributed by atoms with van der Waals surface area (Å²) >= 11 is 0. The maximum absolute atomic E-state index is 13.0. The molecule has 0 bridgehead atoms. The van der Waals surface area contributed by atoms with E-state index in [2.05, 4.69) is 25.7 Å². The Morgan fingerprint density at radius 1 is 1.26 bits per heavy atom. The highest BCUT2D eigenvalue weighted by Crippen LogP contribution is 2.32. The lowest BCUT2D eigenvalue weighted by Gasteiger charge is -2.36. The molecule has 2 aliphatic rings. The van der Waals surface area contributed by atoms with E-state index in [4.69, 9.17) is 4.52 Å². The Kier molecular flexibility index (Phi) is 7.70. The molecule has 2 atom stereocenters. The van der Waals surface area contributed by atoms with Crippen LogP contribution in [0.25, 0.3) is 11.4 Å². The number of carbonyl (C=O) groups is 2. The van der Waals surface area contributed by atoms with Gasteiger partial charge in [0.1, 0.15) is 6.04 Å². The van der Waals surface area contributed by atoms with Crippen molar-refractivity contribution in [3.63, 3.8) is 0 Å². The van der Waals surface area contributed by atoms with Gasteiger partial charge >= 0.3 is 6.18 Å². The zero-order chi connectivity index (χ0) is 25.0. The van der Waals surface area contributed by atoms with E-state index in [0.717, 1.165) is 25.0 Å². The van der Waals surface area contributed by atoms with Crippen molar-refractivity contribution in [1.82, 2.24) is 30.6 Å². The summed E-state index contributed by atoms with van der Waals surface area (Å²) in [7, 11) is 0. The summed E-state index contributed by atoms with van der Waals surface area (Å²) in [5.74, 6) is 0.133. The number of carbonyl (C=O) groups excluding carboxylic acids is 2. The second kappa shape index (κ2) is 10.7. The highest BCUT2D eigenvalue weighted by molar-refractivity contribution is 5.88. The smallest absolute Gasteiger partial charge is 0.354 e. The average molecular weight is 495 g/mol. The number of aromatic nitrogens is 2. The van der Waals surface area contributed by atoms with Gasteiger partial charge in [0.05, 0.1) is 18.2 Å². The second-order valence-electron chi connectivity index (χ2n) is 8.93. The fourth-order valence-electron chi connectivity index (χ4n) is 4.34. The molecule has 35 heavy (non-hydrogen) atoms. The predicted octanol–water partition coefficient (Wildman–Crippen LogP) is 2.22. The van der Waals surface area contributed by atoms with Gasteiger partial charge in [-0.3, -0.25) is 19.4 Å². The minimum Gasteiger partial charge on any atom is -0.354 e. The van der Waals surface area contributed by atoms with Gasteiger partial charge in [0.15, 0.2) is 0 Å². The lowest BCUT2D eigenvalue weighted by atomic mass is 10.1. The molecule has 2 N–H and O–H groups in total. The summed E-state index contributed by atoms with van der Waals surface area (Å²) in [5.41, 5.74) is -0.533. The number of amides is 2. The molecule has 2 aromatic rings. The van der Waals surface area contributed by atoms with Crippen molar-refractivity contribution in [2.45, 2.75) is 44.4 Å². The fourth-order valence-corrected chi connectivity index (χ4v) is 4.34. The summed E-state index contributed by atoms with van der Waals surface area (Å²) < 4.78 is 44.4. The van der Waals surface area contributed by atoms with E-state index in [-0.39, 0.29) is 35.8 Å². The number of benzene rings is 1. The van der Waals surface area contributed by atoms with Crippen LogP contribution in [0.4, 0.5) is 13.2 Å². The quantitative estimate of drug-likeness (QED) is 0.635. The number of nitrogens with one attached hydrogen (secondary N) is 2. The Labute approximate surface area is 201 Å². The van der Waals surface area contributed by atoms with Gasteiger partial charge in [-0.1, -0.05) is 17.3 Å². The Morgan fingerprint density at radius 2 is 2.03 bits per heavy atom. The van der Waals surface area contributed by atoms with Crippen molar-refractivity contribution < 1.29 is 27.3 Å². The van der Waals surface area contributed by atoms with E-state index in [1.165, 1.54) is 12.1 Å². The van der Waals surface area contributed by atoms with Gasteiger partial charge in [0.25, 0.3) is 0 Å². The Morgan fingerprint density at radius 3 is 2.77 bits per heavy atom. The monoisotopic (exact) mass is 494 g/mol. The van der Waals surface area contributed by atoms with Gasteiger partial charge < -0.3 is 15.2 Å². The molecule has 0 saturated carbocycles. The van der Waals surface area contributed by atoms with E-state index < -0.39 is 17.8 Å². The molecule has 12 heteroatoms. The van der Waals surface area contributed by atoms with Crippen molar-refractivity contribution >= 4 is 11.8 Å². The first-order valence-electron chi connectivity index (χ1n) is 11.8. The molecule has 2 unspecified atom stereocenters. The van der Waals surface area contributed by atoms with Crippen molar-refractivity contribution in [3.05, 3.63) is 35.7 Å². The molecule has 3 heterocycles. The molecule has 1 aromatic carbocycles. The van der Waals surface area contributed by atoms with Crippen LogP contribution in [-0.4, -0.2) is 77.1 Å². The van der Waals surface area contributed by atoms with Crippen LogP contribution in [0, 0.1) is 0 Å². The Hall–Kier alpha value is -2.99. The molecule has 2 aliphatic heterocycles. The minimum atomic E-state index is -4.45. The van der Waals surface area contributed by atoms with E-state index in [0.29, 0.717) is 45.0 Å². The highest BCUT2D eigenvalue weighted by Gasteiger charge is 2.31. The average Bonchev–Trinajstić information content (AvgIpc) is 3.24. The van der Waals surface area contributed by atoms with Crippen molar-refractivity contribution in [2.24, 2.45) is 0 Å². The second-order valence-corrected chi connectivity index (χ2v) is 8.93. The lowest BCUT2D eigenvalue weighted by molar-refractivity contribution is -0.137. The maximum atomic E-state index is 13.0. The minimum absolute atomic E-state index is 0.107. The lowest BCUT2D eigenvalue weighted by Crippen LogP contribution is -2.52. The topological polar surface area (TPSA) is 104 Å². The summed E-state index contributed by atoms with van der Waals surface area (Å²) in [4.78, 5) is 32.9. The van der Waals surface area contributed by atoms with Crippen LogP contribution in [0.1, 0.15) is 43.7 Å². The van der Waals surface area contributed by atoms with Crippen molar-refractivity contribution in [3.8, 4) is 11.4 Å². The number of rotatable bonds is 6. The molecule has 9 nitrogen and oxygen atoms in total. The Balaban J connectivity index is 1.29. The summed E-state index contributed by atoms with van der Waals surface area (Å²) in [6.45, 7) is 5.35. The summed E-state index contributed by atoms with van der Waals surface area (Å²) in [5, 5.41) is 9.52. The third-order valence-electron chi connectivity index (χ3n) is 6.44. The first-order chi connectivity index (χ1) is 16.7. The molecular formula is C23H29F3N6O3. The zero-order valence-corrected chi connectivity index (χ0v) is 19.5. The molecule has 0 spiro atoms. The number of piperazine rings is 1. The third kappa shape index (κ3) is 6.37. The van der Waals surface area contributed by atoms with E-state index >= 15 is 0 Å². The molecule has 2 saturated heterocycles. The Bertz CT molecular complexity index is 1040. The van der Waals surface area contributed by atoms with Crippen LogP contribution in [0.5, 0.6) is 0 Å². The van der Waals surface area contributed by atoms with E-state index in [1.54, 1.807) is 0 Å². The number of halogens is 3. The molecule has 2 amide bonds. The molecule has 1 aromatic heterocycles. The van der Waals surface area contributed by atoms with Crippen molar-refractivity contribution in [1.29, 1.82) is 0 Å². The van der Waals surface area contributed by atoms with Crippen LogP contribution in [0.3, 0.4) is 0 Å². The third-order valence-corrected chi connectivity index (χ3v) is 6.44. The summed E-state index contributed by atoms with van der Waals surface area (Å²) in [6.07, 6.45) is -1.99. The molecule has 4 rings (SSSR count). The standard InChI is InChI=1S/C23H29F3N6O3/c1-15(22-29-20(30-35-22)16-5-4-6-17(13-16)23(24,25)26)32-11-9-31(10-12-32)14-19(33)28-18-7-2-3-8-27-21(18)34/h4-6,13,15,18H,2-3,7-12,14H2,1H3,(H,27,34)(H,28,33). The molecule has 0 radical (unpaired) electrons. The molecule has 0 aliphatic carbocycles. The SMILES string of the molecule is CC(c1nc(-c2cccc(C(F)(F)F)c2)no1)N1CCN(CC(=O)NC2CCCCNC2=O)CC1. The zero-order valence-electron chi connectivity index (χ0n) is 19.5. The van der Waals surface area contributed by atoms with Gasteiger partial charge in [-0.2, -0.15) is 18.2 Å². The van der Waals surface area contributed by atoms with Gasteiger partial charge in [0.2, 0.25) is 23.5 Å². The van der Waals surface area contributed by atoms with Gasteiger partial charge in [-0.25, -0.2) is 0 Å². The normalized spacial score (nSPS) is 21.3. The first kappa shape index (κ1) is 25.1. The van der Waals surface area contributed by atoms with Gasteiger partial charge in [-0.15, -0.1) is 0 Å². The van der Waals surface area contributed by atoms with Gasteiger partial charge in [0, 0.05) is 38.3 Å². The van der Waals surface area contributed by atoms with E-state index in [1.807, 2.05) is 11.8 Å². The molecule has 190 valence electrons. The summed E-state index contributed by atoms with van der Waals surface area (Å²) in [6, 6.07) is 4.12. The molecular weight excluding hydrogens is 465 g/mol.